The quantitative estimate of drug-likeness (QED) is 0.603. The van der Waals surface area contributed by atoms with E-state index in [2.05, 4.69) is 26.6 Å². The normalized spacial score (nSPS) is 9.93. The molecule has 29 heavy (non-hydrogen) atoms. The molecule has 0 aliphatic rings. The van der Waals surface area contributed by atoms with Crippen molar-refractivity contribution >= 4 is 39.5 Å². The van der Waals surface area contributed by atoms with Crippen LogP contribution in [0.1, 0.15) is 10.4 Å². The van der Waals surface area contributed by atoms with E-state index < -0.39 is 24.5 Å². The van der Waals surface area contributed by atoms with Crippen LogP contribution < -0.4 is 24.8 Å². The Morgan fingerprint density at radius 3 is 2.03 bits per heavy atom. The molecule has 0 fully saturated rings. The van der Waals surface area contributed by atoms with Crippen LogP contribution in [-0.4, -0.2) is 45.8 Å². The minimum absolute atomic E-state index is 0.123. The Morgan fingerprint density at radius 1 is 0.931 bits per heavy atom. The first kappa shape index (κ1) is 22.0. The van der Waals surface area contributed by atoms with Crippen LogP contribution in [0, 0.1) is 0 Å². The van der Waals surface area contributed by atoms with Crippen LogP contribution in [0.4, 0.5) is 10.5 Å². The summed E-state index contributed by atoms with van der Waals surface area (Å²) in [6.07, 6.45) is 0. The molecule has 0 aliphatic carbocycles. The molecular weight excluding hydrogens is 448 g/mol. The van der Waals surface area contributed by atoms with Gasteiger partial charge in [0, 0.05) is 5.69 Å². The predicted octanol–water partition coefficient (Wildman–Crippen LogP) is 2.98. The highest BCUT2D eigenvalue weighted by Crippen LogP contribution is 2.35. The van der Waals surface area contributed by atoms with E-state index in [1.807, 2.05) is 0 Å². The van der Waals surface area contributed by atoms with Gasteiger partial charge in [-0.1, -0.05) is 0 Å². The van der Waals surface area contributed by atoms with Gasteiger partial charge >= 0.3 is 12.0 Å². The second-order valence-electron chi connectivity index (χ2n) is 5.50. The molecule has 0 spiro atoms. The zero-order chi connectivity index (χ0) is 21.4. The number of imide groups is 1. The summed E-state index contributed by atoms with van der Waals surface area (Å²) in [5, 5.41) is 4.54. The van der Waals surface area contributed by atoms with E-state index in [9.17, 15) is 14.4 Å². The van der Waals surface area contributed by atoms with Crippen molar-refractivity contribution in [3.8, 4) is 17.2 Å². The van der Waals surface area contributed by atoms with Gasteiger partial charge in [-0.2, -0.15) is 0 Å². The number of benzene rings is 2. The van der Waals surface area contributed by atoms with Gasteiger partial charge in [0.2, 0.25) is 0 Å². The number of methoxy groups -OCH3 is 3. The van der Waals surface area contributed by atoms with Gasteiger partial charge in [0.15, 0.2) is 6.61 Å². The third-order valence-corrected chi connectivity index (χ3v) is 4.40. The number of amides is 3. The molecule has 0 bridgehead atoms. The Hall–Kier alpha value is -3.27. The molecule has 0 atom stereocenters. The zero-order valence-electron chi connectivity index (χ0n) is 15.9. The number of carbonyl (C=O) groups is 3. The Balaban J connectivity index is 1.89. The maximum absolute atomic E-state index is 12.2. The smallest absolute Gasteiger partial charge is 0.338 e. The molecule has 2 aromatic rings. The molecular formula is C19H19BrN2O7. The fourth-order valence-electron chi connectivity index (χ4n) is 2.20. The number of nitrogens with one attached hydrogen (secondary N) is 2. The number of ether oxygens (including phenoxy) is 4. The molecule has 2 N–H and O–H groups in total. The monoisotopic (exact) mass is 466 g/mol. The Bertz CT molecular complexity index is 875. The molecule has 154 valence electrons. The summed E-state index contributed by atoms with van der Waals surface area (Å²) >= 11 is 3.29. The lowest BCUT2D eigenvalue weighted by Gasteiger charge is -2.11. The van der Waals surface area contributed by atoms with Gasteiger partial charge in [0.25, 0.3) is 5.91 Å². The number of hydrogen-bond donors (Lipinski definition) is 2. The van der Waals surface area contributed by atoms with Gasteiger partial charge < -0.3 is 24.3 Å². The van der Waals surface area contributed by atoms with E-state index in [0.717, 1.165) is 0 Å². The lowest BCUT2D eigenvalue weighted by atomic mass is 10.2. The fourth-order valence-corrected chi connectivity index (χ4v) is 2.75. The zero-order valence-corrected chi connectivity index (χ0v) is 17.5. The highest BCUT2D eigenvalue weighted by Gasteiger charge is 2.17. The van der Waals surface area contributed by atoms with Crippen LogP contribution in [0.15, 0.2) is 40.9 Å². The molecule has 0 aliphatic heterocycles. The predicted molar refractivity (Wildman–Crippen MR) is 108 cm³/mol. The largest absolute Gasteiger partial charge is 0.497 e. The summed E-state index contributed by atoms with van der Waals surface area (Å²) in [5.74, 6) is -0.223. The Kier molecular flexibility index (Phi) is 7.84. The van der Waals surface area contributed by atoms with Crippen LogP contribution >= 0.6 is 15.9 Å². The molecule has 10 heteroatoms. The second kappa shape index (κ2) is 10.3. The van der Waals surface area contributed by atoms with E-state index in [4.69, 9.17) is 18.9 Å². The van der Waals surface area contributed by atoms with E-state index >= 15 is 0 Å². The minimum atomic E-state index is -0.791. The van der Waals surface area contributed by atoms with Gasteiger partial charge in [-0.05, 0) is 52.3 Å². The molecule has 3 amide bonds. The van der Waals surface area contributed by atoms with Crippen molar-refractivity contribution in [2.45, 2.75) is 0 Å². The van der Waals surface area contributed by atoms with Crippen molar-refractivity contribution in [2.24, 2.45) is 0 Å². The molecule has 0 saturated heterocycles. The highest BCUT2D eigenvalue weighted by atomic mass is 79.9. The van der Waals surface area contributed by atoms with Gasteiger partial charge in [-0.3, -0.25) is 10.1 Å². The van der Waals surface area contributed by atoms with Crippen LogP contribution in [0.2, 0.25) is 0 Å². The topological polar surface area (TPSA) is 112 Å². The summed E-state index contributed by atoms with van der Waals surface area (Å²) in [6.45, 7) is -0.643. The van der Waals surface area contributed by atoms with E-state index in [0.29, 0.717) is 27.4 Å². The van der Waals surface area contributed by atoms with E-state index in [1.54, 1.807) is 24.3 Å². The number of hydrogen-bond acceptors (Lipinski definition) is 7. The van der Waals surface area contributed by atoms with Crippen molar-refractivity contribution in [3.63, 3.8) is 0 Å². The van der Waals surface area contributed by atoms with Crippen molar-refractivity contribution < 1.29 is 33.3 Å². The molecule has 0 unspecified atom stereocenters. The maximum atomic E-state index is 12.2. The first-order valence-corrected chi connectivity index (χ1v) is 9.00. The highest BCUT2D eigenvalue weighted by molar-refractivity contribution is 9.10. The standard InChI is InChI=1S/C19H19BrN2O7/c1-26-13-6-4-12(5-7-13)21-19(25)22-16(23)10-29-18(24)11-8-14(27-2)17(20)15(9-11)28-3/h4-9H,10H2,1-3H3,(H2,21,22,23,25). The van der Waals surface area contributed by atoms with Crippen LogP contribution in [0.25, 0.3) is 0 Å². The van der Waals surface area contributed by atoms with Crippen LogP contribution in [0.5, 0.6) is 17.2 Å². The summed E-state index contributed by atoms with van der Waals surface area (Å²) < 4.78 is 20.8. The second-order valence-corrected chi connectivity index (χ2v) is 6.29. The van der Waals surface area contributed by atoms with Crippen molar-refractivity contribution in [1.82, 2.24) is 5.32 Å². The summed E-state index contributed by atoms with van der Waals surface area (Å²) in [6, 6.07) is 8.63. The van der Waals surface area contributed by atoms with Crippen molar-refractivity contribution in [2.75, 3.05) is 33.3 Å². The number of urea groups is 1. The van der Waals surface area contributed by atoms with Gasteiger partial charge in [-0.25, -0.2) is 9.59 Å². The average Bonchev–Trinajstić information content (AvgIpc) is 2.72. The first-order chi connectivity index (χ1) is 13.9. The van der Waals surface area contributed by atoms with E-state index in [1.165, 1.54) is 33.5 Å². The minimum Gasteiger partial charge on any atom is -0.497 e. The fraction of sp³-hybridized carbons (Fsp3) is 0.211. The lowest BCUT2D eigenvalue weighted by Crippen LogP contribution is -2.37. The Labute approximate surface area is 175 Å². The number of carbonyl (C=O) groups excluding carboxylic acids is 3. The van der Waals surface area contributed by atoms with Crippen molar-refractivity contribution in [1.29, 1.82) is 0 Å². The third-order valence-electron chi connectivity index (χ3n) is 3.62. The average molecular weight is 467 g/mol. The SMILES string of the molecule is COc1ccc(NC(=O)NC(=O)COC(=O)c2cc(OC)c(Br)c(OC)c2)cc1. The molecule has 0 saturated carbocycles. The number of anilines is 1. The number of rotatable bonds is 7. The van der Waals surface area contributed by atoms with Crippen molar-refractivity contribution in [3.05, 3.63) is 46.4 Å². The summed E-state index contributed by atoms with van der Waals surface area (Å²) in [4.78, 5) is 35.9. The summed E-state index contributed by atoms with van der Waals surface area (Å²) in [7, 11) is 4.39. The number of halogens is 1. The summed E-state index contributed by atoms with van der Waals surface area (Å²) in [5.41, 5.74) is 0.583. The van der Waals surface area contributed by atoms with Crippen LogP contribution in [-0.2, 0) is 9.53 Å². The Morgan fingerprint density at radius 2 is 1.52 bits per heavy atom. The number of esters is 1. The molecule has 0 heterocycles. The van der Waals surface area contributed by atoms with Gasteiger partial charge in [0.05, 0.1) is 26.9 Å². The van der Waals surface area contributed by atoms with Gasteiger partial charge in [0.1, 0.15) is 21.7 Å². The molecule has 0 radical (unpaired) electrons. The van der Waals surface area contributed by atoms with Gasteiger partial charge in [-0.15, -0.1) is 0 Å². The first-order valence-electron chi connectivity index (χ1n) is 8.21. The molecule has 9 nitrogen and oxygen atoms in total. The van der Waals surface area contributed by atoms with E-state index in [-0.39, 0.29) is 5.56 Å². The molecule has 2 aromatic carbocycles. The third kappa shape index (κ3) is 6.11. The van der Waals surface area contributed by atoms with Crippen LogP contribution in [0.3, 0.4) is 0 Å². The lowest BCUT2D eigenvalue weighted by molar-refractivity contribution is -0.123. The maximum Gasteiger partial charge on any atom is 0.338 e. The molecule has 0 aromatic heterocycles. The molecule has 2 rings (SSSR count).